The molecule has 0 bridgehead atoms. The van der Waals surface area contributed by atoms with Crippen LogP contribution in [0.2, 0.25) is 0 Å². The van der Waals surface area contributed by atoms with E-state index in [4.69, 9.17) is 0 Å². The Morgan fingerprint density at radius 3 is 2.25 bits per heavy atom. The third kappa shape index (κ3) is 3.78. The predicted octanol–water partition coefficient (Wildman–Crippen LogP) is 1.74. The van der Waals surface area contributed by atoms with Gasteiger partial charge in [-0.3, -0.25) is 24.1 Å². The molecule has 2 N–H and O–H groups in total. The zero-order valence-corrected chi connectivity index (χ0v) is 15.7. The van der Waals surface area contributed by atoms with E-state index in [-0.39, 0.29) is 24.3 Å². The van der Waals surface area contributed by atoms with Crippen molar-refractivity contribution in [2.75, 3.05) is 6.54 Å². The highest BCUT2D eigenvalue weighted by atomic mass is 16.2. The van der Waals surface area contributed by atoms with Crippen LogP contribution >= 0.6 is 0 Å². The molecule has 0 radical (unpaired) electrons. The molecule has 1 heterocycles. The number of fused-ring (bicyclic) bond motifs is 1. The van der Waals surface area contributed by atoms with Gasteiger partial charge in [0.05, 0.1) is 17.7 Å². The first kappa shape index (κ1) is 19.3. The summed E-state index contributed by atoms with van der Waals surface area (Å²) in [5, 5.41) is 5.28. The van der Waals surface area contributed by atoms with Gasteiger partial charge in [0.15, 0.2) is 0 Å². The van der Waals surface area contributed by atoms with E-state index in [1.807, 2.05) is 0 Å². The Morgan fingerprint density at radius 2 is 1.64 bits per heavy atom. The summed E-state index contributed by atoms with van der Waals surface area (Å²) in [6.07, 6.45) is 0. The van der Waals surface area contributed by atoms with Gasteiger partial charge in [0.2, 0.25) is 5.91 Å². The highest BCUT2D eigenvalue weighted by Gasteiger charge is 2.35. The van der Waals surface area contributed by atoms with Gasteiger partial charge in [0, 0.05) is 12.1 Å². The van der Waals surface area contributed by atoms with Crippen LogP contribution in [0.5, 0.6) is 0 Å². The zero-order chi connectivity index (χ0) is 20.3. The summed E-state index contributed by atoms with van der Waals surface area (Å²) >= 11 is 0. The summed E-state index contributed by atoms with van der Waals surface area (Å²) in [5.41, 5.74) is 1.77. The lowest BCUT2D eigenvalue weighted by molar-refractivity contribution is -0.122. The molecule has 0 unspecified atom stereocenters. The lowest BCUT2D eigenvalue weighted by Gasteiger charge is -2.16. The van der Waals surface area contributed by atoms with Crippen LogP contribution in [-0.2, 0) is 11.3 Å². The maximum Gasteiger partial charge on any atom is 0.261 e. The van der Waals surface area contributed by atoms with Crippen LogP contribution in [0.3, 0.4) is 0 Å². The van der Waals surface area contributed by atoms with Gasteiger partial charge in [0.1, 0.15) is 6.04 Å². The third-order valence-corrected chi connectivity index (χ3v) is 4.50. The Balaban J connectivity index is 1.72. The highest BCUT2D eigenvalue weighted by molar-refractivity contribution is 6.21. The summed E-state index contributed by atoms with van der Waals surface area (Å²) in [6.45, 7) is 3.95. The number of carbonyl (C=O) groups excluding carboxylic acids is 4. The molecule has 7 nitrogen and oxygen atoms in total. The molecular formula is C21H21N3O4. The number of hydrogen-bond donors (Lipinski definition) is 2. The molecule has 0 fully saturated rings. The number of nitrogens with zero attached hydrogens (tertiary/aromatic N) is 1. The fraction of sp³-hybridized carbons (Fsp3) is 0.238. The van der Waals surface area contributed by atoms with Crippen molar-refractivity contribution in [2.24, 2.45) is 0 Å². The van der Waals surface area contributed by atoms with Crippen LogP contribution in [0.15, 0.2) is 48.5 Å². The summed E-state index contributed by atoms with van der Waals surface area (Å²) in [7, 11) is 0. The normalized spacial score (nSPS) is 13.9. The van der Waals surface area contributed by atoms with E-state index in [0.29, 0.717) is 28.8 Å². The first-order valence-electron chi connectivity index (χ1n) is 9.05. The molecule has 2 aromatic carbocycles. The van der Waals surface area contributed by atoms with Gasteiger partial charge < -0.3 is 10.6 Å². The van der Waals surface area contributed by atoms with E-state index >= 15 is 0 Å². The van der Waals surface area contributed by atoms with Crippen LogP contribution in [0.4, 0.5) is 0 Å². The first-order valence-corrected chi connectivity index (χ1v) is 9.05. The smallest absolute Gasteiger partial charge is 0.261 e. The van der Waals surface area contributed by atoms with Gasteiger partial charge in [-0.15, -0.1) is 0 Å². The lowest BCUT2D eigenvalue weighted by Crippen LogP contribution is -2.44. The average Bonchev–Trinajstić information content (AvgIpc) is 2.93. The second-order valence-electron chi connectivity index (χ2n) is 6.53. The van der Waals surface area contributed by atoms with Crippen molar-refractivity contribution in [2.45, 2.75) is 26.4 Å². The first-order chi connectivity index (χ1) is 13.4. The number of amides is 4. The minimum atomic E-state index is -0.674. The quantitative estimate of drug-likeness (QED) is 0.748. The number of hydrogen-bond acceptors (Lipinski definition) is 4. The summed E-state index contributed by atoms with van der Waals surface area (Å²) < 4.78 is 0. The second kappa shape index (κ2) is 8.04. The molecule has 0 saturated heterocycles. The molecule has 28 heavy (non-hydrogen) atoms. The molecule has 3 rings (SSSR count). The largest absolute Gasteiger partial charge is 0.355 e. The molecule has 1 atom stereocenters. The molecule has 2 aromatic rings. The van der Waals surface area contributed by atoms with Crippen LogP contribution in [-0.4, -0.2) is 41.1 Å². The topological polar surface area (TPSA) is 95.6 Å². The zero-order valence-electron chi connectivity index (χ0n) is 15.7. The molecule has 144 valence electrons. The van der Waals surface area contributed by atoms with E-state index in [0.717, 1.165) is 0 Å². The van der Waals surface area contributed by atoms with Crippen molar-refractivity contribution in [3.05, 3.63) is 70.8 Å². The lowest BCUT2D eigenvalue weighted by atomic mass is 10.1. The molecule has 4 amide bonds. The predicted molar refractivity (Wildman–Crippen MR) is 103 cm³/mol. The molecule has 1 aliphatic rings. The van der Waals surface area contributed by atoms with Gasteiger partial charge >= 0.3 is 0 Å². The number of benzene rings is 2. The van der Waals surface area contributed by atoms with Crippen LogP contribution in [0, 0.1) is 0 Å². The standard InChI is InChI=1S/C21H21N3O4/c1-3-22-18(25)13(2)23-19(26)15-8-6-7-14(11-15)12-24-20(27)16-9-4-5-10-17(16)21(24)28/h4-11,13H,3,12H2,1-2H3,(H,22,25)(H,23,26)/t13-/m1/s1. The van der Waals surface area contributed by atoms with E-state index in [1.165, 1.54) is 4.90 Å². The minimum Gasteiger partial charge on any atom is -0.355 e. The highest BCUT2D eigenvalue weighted by Crippen LogP contribution is 2.24. The third-order valence-electron chi connectivity index (χ3n) is 4.50. The molecule has 0 aliphatic carbocycles. The van der Waals surface area contributed by atoms with E-state index in [1.54, 1.807) is 62.4 Å². The Hall–Kier alpha value is -3.48. The minimum absolute atomic E-state index is 0.0688. The number of carbonyl (C=O) groups is 4. The van der Waals surface area contributed by atoms with Gasteiger partial charge in [-0.05, 0) is 43.7 Å². The van der Waals surface area contributed by atoms with Gasteiger partial charge in [0.25, 0.3) is 17.7 Å². The Labute approximate surface area is 162 Å². The van der Waals surface area contributed by atoms with Crippen LogP contribution in [0.25, 0.3) is 0 Å². The van der Waals surface area contributed by atoms with Crippen LogP contribution < -0.4 is 10.6 Å². The van der Waals surface area contributed by atoms with Crippen LogP contribution in [0.1, 0.15) is 50.5 Å². The number of rotatable bonds is 6. The van der Waals surface area contributed by atoms with Gasteiger partial charge in [-0.1, -0.05) is 24.3 Å². The maximum absolute atomic E-state index is 12.5. The second-order valence-corrected chi connectivity index (χ2v) is 6.53. The van der Waals surface area contributed by atoms with E-state index < -0.39 is 11.9 Å². The summed E-state index contributed by atoms with van der Waals surface area (Å²) in [5.74, 6) is -1.36. The van der Waals surface area contributed by atoms with Crippen molar-refractivity contribution in [1.29, 1.82) is 0 Å². The fourth-order valence-electron chi connectivity index (χ4n) is 3.05. The molecule has 0 spiro atoms. The van der Waals surface area contributed by atoms with Crippen molar-refractivity contribution in [3.8, 4) is 0 Å². The summed E-state index contributed by atoms with van der Waals surface area (Å²) in [6, 6.07) is 12.7. The Kier molecular flexibility index (Phi) is 5.54. The SMILES string of the molecule is CCNC(=O)[C@@H](C)NC(=O)c1cccc(CN2C(=O)c3ccccc3C2=O)c1. The molecule has 0 saturated carbocycles. The summed E-state index contributed by atoms with van der Waals surface area (Å²) in [4.78, 5) is 50.4. The van der Waals surface area contributed by atoms with Gasteiger partial charge in [-0.25, -0.2) is 0 Å². The Bertz CT molecular complexity index is 919. The number of imide groups is 1. The maximum atomic E-state index is 12.5. The molecular weight excluding hydrogens is 358 g/mol. The van der Waals surface area contributed by atoms with Crippen molar-refractivity contribution in [1.82, 2.24) is 15.5 Å². The molecule has 7 heteroatoms. The van der Waals surface area contributed by atoms with Gasteiger partial charge in [-0.2, -0.15) is 0 Å². The van der Waals surface area contributed by atoms with Crippen molar-refractivity contribution in [3.63, 3.8) is 0 Å². The van der Waals surface area contributed by atoms with Crippen molar-refractivity contribution < 1.29 is 19.2 Å². The number of nitrogens with one attached hydrogen (secondary N) is 2. The van der Waals surface area contributed by atoms with E-state index in [2.05, 4.69) is 10.6 Å². The molecule has 1 aliphatic heterocycles. The number of likely N-dealkylation sites (N-methyl/N-ethyl adjacent to an activating group) is 1. The van der Waals surface area contributed by atoms with E-state index in [9.17, 15) is 19.2 Å². The average molecular weight is 379 g/mol. The van der Waals surface area contributed by atoms with Crippen molar-refractivity contribution >= 4 is 23.6 Å². The Morgan fingerprint density at radius 1 is 1.00 bits per heavy atom. The fourth-order valence-corrected chi connectivity index (χ4v) is 3.05. The molecule has 0 aromatic heterocycles. The monoisotopic (exact) mass is 379 g/mol.